The molecular formula is C25H24Cl2N8O. The zero-order valence-corrected chi connectivity index (χ0v) is 21.2. The highest BCUT2D eigenvalue weighted by Crippen LogP contribution is 2.37. The number of carbonyl (C=O) groups is 1. The van der Waals surface area contributed by atoms with Crippen LogP contribution >= 0.6 is 23.2 Å². The third-order valence-electron chi connectivity index (χ3n) is 6.62. The largest absolute Gasteiger partial charge is 0.369 e. The van der Waals surface area contributed by atoms with Gasteiger partial charge in [-0.1, -0.05) is 23.2 Å². The molecule has 2 aromatic carbocycles. The SMILES string of the molecule is CN1CCN(c2ccc(Nc3ncc4c(n3)N3CCN=C3N(c3ccc(Cl)cc3Cl)C4=O)cc2)CC1. The number of halogens is 2. The van der Waals surface area contributed by atoms with Crippen molar-refractivity contribution < 1.29 is 4.79 Å². The number of fused-ring (bicyclic) bond motifs is 3. The predicted molar refractivity (Wildman–Crippen MR) is 144 cm³/mol. The first-order valence-corrected chi connectivity index (χ1v) is 12.5. The van der Waals surface area contributed by atoms with Crippen molar-refractivity contribution in [2.45, 2.75) is 0 Å². The molecule has 6 rings (SSSR count). The predicted octanol–water partition coefficient (Wildman–Crippen LogP) is 4.12. The summed E-state index contributed by atoms with van der Waals surface area (Å²) in [6.45, 7) is 5.31. The van der Waals surface area contributed by atoms with E-state index >= 15 is 0 Å². The van der Waals surface area contributed by atoms with E-state index < -0.39 is 0 Å². The molecule has 0 bridgehead atoms. The Morgan fingerprint density at radius 3 is 2.50 bits per heavy atom. The first-order chi connectivity index (χ1) is 17.5. The highest BCUT2D eigenvalue weighted by molar-refractivity contribution is 6.40. The van der Waals surface area contributed by atoms with E-state index in [0.29, 0.717) is 52.1 Å². The molecule has 36 heavy (non-hydrogen) atoms. The maximum atomic E-state index is 13.5. The van der Waals surface area contributed by atoms with E-state index in [1.807, 2.05) is 17.0 Å². The Kier molecular flexibility index (Phi) is 5.91. The molecule has 1 aromatic heterocycles. The van der Waals surface area contributed by atoms with Crippen LogP contribution in [0.4, 0.5) is 28.8 Å². The van der Waals surface area contributed by atoms with Crippen LogP contribution in [0.25, 0.3) is 0 Å². The van der Waals surface area contributed by atoms with Gasteiger partial charge in [0.25, 0.3) is 5.91 Å². The molecule has 3 aromatic rings. The van der Waals surface area contributed by atoms with Crippen molar-refractivity contribution in [1.82, 2.24) is 14.9 Å². The number of aromatic nitrogens is 2. The van der Waals surface area contributed by atoms with Gasteiger partial charge >= 0.3 is 0 Å². The van der Waals surface area contributed by atoms with Crippen molar-refractivity contribution in [3.8, 4) is 0 Å². The van der Waals surface area contributed by atoms with Crippen LogP contribution in [0.3, 0.4) is 0 Å². The summed E-state index contributed by atoms with van der Waals surface area (Å²) in [7, 11) is 2.15. The first-order valence-electron chi connectivity index (χ1n) is 11.8. The zero-order chi connectivity index (χ0) is 24.8. The lowest BCUT2D eigenvalue weighted by Crippen LogP contribution is -2.51. The number of guanidine groups is 1. The Morgan fingerprint density at radius 1 is 0.972 bits per heavy atom. The van der Waals surface area contributed by atoms with Crippen molar-refractivity contribution >= 4 is 63.9 Å². The number of hydrogen-bond acceptors (Lipinski definition) is 8. The van der Waals surface area contributed by atoms with Crippen molar-refractivity contribution in [1.29, 1.82) is 0 Å². The molecule has 0 saturated carbocycles. The summed E-state index contributed by atoms with van der Waals surface area (Å²) in [5.41, 5.74) is 2.98. The maximum Gasteiger partial charge on any atom is 0.270 e. The molecule has 3 aliphatic rings. The molecule has 184 valence electrons. The Labute approximate surface area is 219 Å². The average Bonchev–Trinajstić information content (AvgIpc) is 3.36. The lowest BCUT2D eigenvalue weighted by molar-refractivity contribution is 0.1000. The quantitative estimate of drug-likeness (QED) is 0.551. The number of likely N-dealkylation sites (N-methyl/N-ethyl adjacent to an activating group) is 1. The van der Waals surface area contributed by atoms with Crippen molar-refractivity contribution in [3.05, 3.63) is 64.3 Å². The van der Waals surface area contributed by atoms with Gasteiger partial charge in [-0.3, -0.25) is 14.7 Å². The van der Waals surface area contributed by atoms with Crippen LogP contribution in [0.1, 0.15) is 10.4 Å². The lowest BCUT2D eigenvalue weighted by atomic mass is 10.1. The average molecular weight is 523 g/mol. The minimum absolute atomic E-state index is 0.283. The van der Waals surface area contributed by atoms with Gasteiger partial charge in [-0.2, -0.15) is 4.98 Å². The van der Waals surface area contributed by atoms with Gasteiger partial charge in [0, 0.05) is 55.3 Å². The Bertz CT molecular complexity index is 1350. The Morgan fingerprint density at radius 2 is 1.75 bits per heavy atom. The van der Waals surface area contributed by atoms with Crippen molar-refractivity contribution in [2.75, 3.05) is 66.3 Å². The topological polar surface area (TPSA) is 80.2 Å². The number of carbonyl (C=O) groups excluding carboxylic acids is 1. The second kappa shape index (κ2) is 9.24. The van der Waals surface area contributed by atoms with Crippen LogP contribution in [0.5, 0.6) is 0 Å². The molecule has 11 heteroatoms. The number of amides is 1. The fourth-order valence-corrected chi connectivity index (χ4v) is 5.15. The highest BCUT2D eigenvalue weighted by atomic mass is 35.5. The molecule has 0 spiro atoms. The third kappa shape index (κ3) is 4.13. The van der Waals surface area contributed by atoms with Crippen molar-refractivity contribution in [2.24, 2.45) is 4.99 Å². The van der Waals surface area contributed by atoms with Crippen LogP contribution in [0.2, 0.25) is 10.0 Å². The van der Waals surface area contributed by atoms with E-state index in [2.05, 4.69) is 44.3 Å². The van der Waals surface area contributed by atoms with Gasteiger partial charge in [-0.15, -0.1) is 0 Å². The number of benzene rings is 2. The molecule has 4 heterocycles. The number of nitrogens with one attached hydrogen (secondary N) is 1. The monoisotopic (exact) mass is 522 g/mol. The van der Waals surface area contributed by atoms with Crippen LogP contribution in [-0.4, -0.2) is 73.1 Å². The number of piperazine rings is 1. The van der Waals surface area contributed by atoms with Gasteiger partial charge < -0.3 is 15.1 Å². The number of aliphatic imine (C=N–C) groups is 1. The minimum atomic E-state index is -0.283. The summed E-state index contributed by atoms with van der Waals surface area (Å²) in [5, 5.41) is 4.13. The summed E-state index contributed by atoms with van der Waals surface area (Å²) in [6, 6.07) is 13.3. The second-order valence-corrected chi connectivity index (χ2v) is 9.81. The summed E-state index contributed by atoms with van der Waals surface area (Å²) in [4.78, 5) is 35.3. The number of hydrogen-bond donors (Lipinski definition) is 1. The van der Waals surface area contributed by atoms with E-state index in [-0.39, 0.29) is 5.91 Å². The van der Waals surface area contributed by atoms with E-state index in [1.165, 1.54) is 10.6 Å². The molecule has 1 N–H and O–H groups in total. The molecular weight excluding hydrogens is 499 g/mol. The second-order valence-electron chi connectivity index (χ2n) is 8.96. The Balaban J connectivity index is 1.25. The Hall–Kier alpha value is -3.40. The van der Waals surface area contributed by atoms with E-state index in [4.69, 9.17) is 28.2 Å². The van der Waals surface area contributed by atoms with Gasteiger partial charge in [0.05, 0.1) is 17.3 Å². The third-order valence-corrected chi connectivity index (χ3v) is 7.16. The standard InChI is InChI=1S/C25H24Cl2N8O/c1-32-10-12-33(13-11-32)18-5-3-17(4-6-18)30-24-29-15-19-22(31-24)34-9-8-28-25(34)35(23(19)36)21-7-2-16(26)14-20(21)27/h2-7,14-15H,8-13H2,1H3,(H,29,30,31). The van der Waals surface area contributed by atoms with Gasteiger partial charge in [0.1, 0.15) is 5.56 Å². The number of rotatable bonds is 4. The first kappa shape index (κ1) is 23.0. The van der Waals surface area contributed by atoms with Gasteiger partial charge in [-0.25, -0.2) is 9.88 Å². The fourth-order valence-electron chi connectivity index (χ4n) is 4.66. The zero-order valence-electron chi connectivity index (χ0n) is 19.7. The fraction of sp³-hybridized carbons (Fsp3) is 0.280. The van der Waals surface area contributed by atoms with E-state index in [1.54, 1.807) is 24.4 Å². The minimum Gasteiger partial charge on any atom is -0.369 e. The molecule has 0 aliphatic carbocycles. The smallest absolute Gasteiger partial charge is 0.270 e. The summed E-state index contributed by atoms with van der Waals surface area (Å²) < 4.78 is 0. The summed E-state index contributed by atoms with van der Waals surface area (Å²) >= 11 is 12.5. The van der Waals surface area contributed by atoms with Crippen LogP contribution < -0.4 is 20.0 Å². The van der Waals surface area contributed by atoms with Crippen LogP contribution in [0.15, 0.2) is 53.7 Å². The van der Waals surface area contributed by atoms with Gasteiger partial charge in [0.2, 0.25) is 11.9 Å². The highest BCUT2D eigenvalue weighted by Gasteiger charge is 2.40. The normalized spacial score (nSPS) is 17.7. The van der Waals surface area contributed by atoms with Gasteiger partial charge in [0.15, 0.2) is 5.82 Å². The molecule has 0 unspecified atom stereocenters. The van der Waals surface area contributed by atoms with E-state index in [0.717, 1.165) is 31.9 Å². The molecule has 9 nitrogen and oxygen atoms in total. The lowest BCUT2D eigenvalue weighted by Gasteiger charge is -2.35. The van der Waals surface area contributed by atoms with Gasteiger partial charge in [-0.05, 0) is 49.5 Å². The molecule has 1 amide bonds. The summed E-state index contributed by atoms with van der Waals surface area (Å²) in [5.74, 6) is 1.16. The molecule has 3 aliphatic heterocycles. The van der Waals surface area contributed by atoms with Crippen molar-refractivity contribution in [3.63, 3.8) is 0 Å². The molecule has 1 fully saturated rings. The maximum absolute atomic E-state index is 13.5. The van der Waals surface area contributed by atoms with E-state index in [9.17, 15) is 4.79 Å². The molecule has 0 atom stereocenters. The molecule has 0 radical (unpaired) electrons. The number of anilines is 5. The van der Waals surface area contributed by atoms with Crippen LogP contribution in [-0.2, 0) is 0 Å². The summed E-state index contributed by atoms with van der Waals surface area (Å²) in [6.07, 6.45) is 1.55. The van der Waals surface area contributed by atoms with Crippen LogP contribution in [0, 0.1) is 0 Å². The number of nitrogens with zero attached hydrogens (tertiary/aromatic N) is 7. The molecule has 1 saturated heterocycles.